The number of aliphatic hydroxyl groups excluding tert-OH is 1. The van der Waals surface area contributed by atoms with Crippen molar-refractivity contribution in [1.82, 2.24) is 4.98 Å². The van der Waals surface area contributed by atoms with Gasteiger partial charge in [-0.15, -0.1) is 0 Å². The van der Waals surface area contributed by atoms with Gasteiger partial charge in [0, 0.05) is 11.8 Å². The molecule has 0 unspecified atom stereocenters. The zero-order chi connectivity index (χ0) is 13.1. The summed E-state index contributed by atoms with van der Waals surface area (Å²) < 4.78 is 5.80. The number of hydrogen-bond donors (Lipinski definition) is 1. The van der Waals surface area contributed by atoms with Crippen molar-refractivity contribution < 1.29 is 9.84 Å². The number of benzene rings is 1. The molecule has 3 nitrogen and oxygen atoms in total. The SMILES string of the molecule is Cc1ccc(Oc2ncc(CO)cc2C)c(C)c1. The maximum absolute atomic E-state index is 9.04. The molecule has 0 bridgehead atoms. The van der Waals surface area contributed by atoms with Crippen molar-refractivity contribution in [3.05, 3.63) is 52.7 Å². The molecule has 1 aromatic carbocycles. The highest BCUT2D eigenvalue weighted by atomic mass is 16.5. The molecular formula is C15H17NO2. The Morgan fingerprint density at radius 3 is 2.50 bits per heavy atom. The predicted octanol–water partition coefficient (Wildman–Crippen LogP) is 3.29. The van der Waals surface area contributed by atoms with E-state index < -0.39 is 0 Å². The Hall–Kier alpha value is -1.87. The predicted molar refractivity (Wildman–Crippen MR) is 70.9 cm³/mol. The summed E-state index contributed by atoms with van der Waals surface area (Å²) >= 11 is 0. The van der Waals surface area contributed by atoms with Gasteiger partial charge in [-0.3, -0.25) is 0 Å². The van der Waals surface area contributed by atoms with E-state index in [1.807, 2.05) is 32.0 Å². The fourth-order valence-corrected chi connectivity index (χ4v) is 1.83. The molecule has 0 amide bonds. The van der Waals surface area contributed by atoms with Gasteiger partial charge in [0.05, 0.1) is 6.61 Å². The minimum Gasteiger partial charge on any atom is -0.438 e. The standard InChI is InChI=1S/C15H17NO2/c1-10-4-5-14(11(2)6-10)18-15-12(3)7-13(9-17)8-16-15/h4-8,17H,9H2,1-3H3. The first kappa shape index (κ1) is 12.6. The van der Waals surface area contributed by atoms with Crippen LogP contribution in [0.15, 0.2) is 30.5 Å². The summed E-state index contributed by atoms with van der Waals surface area (Å²) in [5, 5.41) is 9.04. The summed E-state index contributed by atoms with van der Waals surface area (Å²) in [4.78, 5) is 4.23. The number of aliphatic hydroxyl groups is 1. The van der Waals surface area contributed by atoms with Gasteiger partial charge >= 0.3 is 0 Å². The summed E-state index contributed by atoms with van der Waals surface area (Å²) in [6.45, 7) is 5.98. The van der Waals surface area contributed by atoms with Crippen LogP contribution >= 0.6 is 0 Å². The van der Waals surface area contributed by atoms with E-state index in [0.717, 1.165) is 22.4 Å². The van der Waals surface area contributed by atoms with Crippen LogP contribution in [0.3, 0.4) is 0 Å². The van der Waals surface area contributed by atoms with Crippen molar-refractivity contribution >= 4 is 0 Å². The lowest BCUT2D eigenvalue weighted by atomic mass is 10.1. The first-order valence-corrected chi connectivity index (χ1v) is 5.91. The fraction of sp³-hybridized carbons (Fsp3) is 0.267. The largest absolute Gasteiger partial charge is 0.438 e. The number of aryl methyl sites for hydroxylation is 3. The van der Waals surface area contributed by atoms with Crippen molar-refractivity contribution in [2.45, 2.75) is 27.4 Å². The van der Waals surface area contributed by atoms with Crippen LogP contribution < -0.4 is 4.74 Å². The zero-order valence-electron chi connectivity index (χ0n) is 10.9. The van der Waals surface area contributed by atoms with Crippen molar-refractivity contribution in [1.29, 1.82) is 0 Å². The van der Waals surface area contributed by atoms with Crippen LogP contribution in [0.2, 0.25) is 0 Å². The van der Waals surface area contributed by atoms with E-state index in [0.29, 0.717) is 5.88 Å². The maximum atomic E-state index is 9.04. The third kappa shape index (κ3) is 2.68. The molecule has 0 aliphatic rings. The molecule has 1 aromatic heterocycles. The third-order valence-corrected chi connectivity index (χ3v) is 2.81. The number of pyridine rings is 1. The van der Waals surface area contributed by atoms with Gasteiger partial charge in [-0.2, -0.15) is 0 Å². The summed E-state index contributed by atoms with van der Waals surface area (Å²) in [7, 11) is 0. The summed E-state index contributed by atoms with van der Waals surface area (Å²) in [6.07, 6.45) is 1.63. The molecule has 1 N–H and O–H groups in total. The molecule has 0 radical (unpaired) electrons. The van der Waals surface area contributed by atoms with Crippen molar-refractivity contribution in [3.63, 3.8) is 0 Å². The van der Waals surface area contributed by atoms with Gasteiger partial charge in [0.1, 0.15) is 5.75 Å². The second kappa shape index (κ2) is 5.19. The molecule has 18 heavy (non-hydrogen) atoms. The van der Waals surface area contributed by atoms with E-state index in [9.17, 15) is 0 Å². The topological polar surface area (TPSA) is 42.4 Å². The molecule has 0 saturated carbocycles. The highest BCUT2D eigenvalue weighted by Gasteiger charge is 2.06. The number of aromatic nitrogens is 1. The molecule has 0 atom stereocenters. The lowest BCUT2D eigenvalue weighted by Crippen LogP contribution is -1.95. The molecule has 0 fully saturated rings. The molecule has 2 rings (SSSR count). The van der Waals surface area contributed by atoms with Crippen LogP contribution in [0.4, 0.5) is 0 Å². The molecule has 0 aliphatic heterocycles. The number of hydrogen-bond acceptors (Lipinski definition) is 3. The summed E-state index contributed by atoms with van der Waals surface area (Å²) in [5.41, 5.74) is 4.00. The van der Waals surface area contributed by atoms with Crippen LogP contribution in [0, 0.1) is 20.8 Å². The van der Waals surface area contributed by atoms with E-state index in [-0.39, 0.29) is 6.61 Å². The maximum Gasteiger partial charge on any atom is 0.222 e. The van der Waals surface area contributed by atoms with Gasteiger partial charge in [0.25, 0.3) is 0 Å². The van der Waals surface area contributed by atoms with Crippen LogP contribution in [-0.2, 0) is 6.61 Å². The Kier molecular flexibility index (Phi) is 3.63. The normalized spacial score (nSPS) is 10.4. The molecule has 2 aromatic rings. The van der Waals surface area contributed by atoms with Crippen molar-refractivity contribution in [2.75, 3.05) is 0 Å². The molecule has 3 heteroatoms. The lowest BCUT2D eigenvalue weighted by Gasteiger charge is -2.11. The van der Waals surface area contributed by atoms with Gasteiger partial charge in [0.15, 0.2) is 0 Å². The zero-order valence-corrected chi connectivity index (χ0v) is 10.9. The summed E-state index contributed by atoms with van der Waals surface area (Å²) in [6, 6.07) is 7.92. The van der Waals surface area contributed by atoms with Crippen LogP contribution in [0.5, 0.6) is 11.6 Å². The van der Waals surface area contributed by atoms with Gasteiger partial charge in [-0.25, -0.2) is 4.98 Å². The Morgan fingerprint density at radius 2 is 1.89 bits per heavy atom. The number of ether oxygens (including phenoxy) is 1. The second-order valence-electron chi connectivity index (χ2n) is 4.49. The number of nitrogens with zero attached hydrogens (tertiary/aromatic N) is 1. The van der Waals surface area contributed by atoms with Crippen molar-refractivity contribution in [3.8, 4) is 11.6 Å². The molecule has 0 saturated heterocycles. The second-order valence-corrected chi connectivity index (χ2v) is 4.49. The Balaban J connectivity index is 2.28. The van der Waals surface area contributed by atoms with Gasteiger partial charge < -0.3 is 9.84 Å². The first-order chi connectivity index (χ1) is 8.60. The molecule has 94 valence electrons. The van der Waals surface area contributed by atoms with Crippen LogP contribution in [-0.4, -0.2) is 10.1 Å². The average Bonchev–Trinajstić information content (AvgIpc) is 2.34. The molecule has 0 aliphatic carbocycles. The molecule has 0 spiro atoms. The molecule has 1 heterocycles. The smallest absolute Gasteiger partial charge is 0.222 e. The van der Waals surface area contributed by atoms with E-state index in [4.69, 9.17) is 9.84 Å². The summed E-state index contributed by atoms with van der Waals surface area (Å²) in [5.74, 6) is 1.40. The molecular weight excluding hydrogens is 226 g/mol. The lowest BCUT2D eigenvalue weighted by molar-refractivity contribution is 0.281. The monoisotopic (exact) mass is 243 g/mol. The van der Waals surface area contributed by atoms with Gasteiger partial charge in [0.2, 0.25) is 5.88 Å². The highest BCUT2D eigenvalue weighted by Crippen LogP contribution is 2.26. The van der Waals surface area contributed by atoms with E-state index >= 15 is 0 Å². The van der Waals surface area contributed by atoms with E-state index in [1.54, 1.807) is 6.20 Å². The van der Waals surface area contributed by atoms with Gasteiger partial charge in [-0.1, -0.05) is 17.7 Å². The van der Waals surface area contributed by atoms with Crippen molar-refractivity contribution in [2.24, 2.45) is 0 Å². The minimum atomic E-state index is -0.00230. The average molecular weight is 243 g/mol. The third-order valence-electron chi connectivity index (χ3n) is 2.81. The van der Waals surface area contributed by atoms with E-state index in [2.05, 4.69) is 18.0 Å². The van der Waals surface area contributed by atoms with Crippen LogP contribution in [0.25, 0.3) is 0 Å². The minimum absolute atomic E-state index is 0.00230. The van der Waals surface area contributed by atoms with Gasteiger partial charge in [-0.05, 0) is 44.0 Å². The Labute approximate surface area is 107 Å². The highest BCUT2D eigenvalue weighted by molar-refractivity contribution is 5.39. The Morgan fingerprint density at radius 1 is 1.11 bits per heavy atom. The Bertz CT molecular complexity index is 564. The van der Waals surface area contributed by atoms with Crippen LogP contribution in [0.1, 0.15) is 22.3 Å². The quantitative estimate of drug-likeness (QED) is 0.899. The first-order valence-electron chi connectivity index (χ1n) is 5.91. The van der Waals surface area contributed by atoms with E-state index in [1.165, 1.54) is 5.56 Å². The number of rotatable bonds is 3. The fourth-order valence-electron chi connectivity index (χ4n) is 1.83.